The smallest absolute Gasteiger partial charge is 0.303 e. The van der Waals surface area contributed by atoms with Crippen LogP contribution in [-0.2, 0) is 9.53 Å². The predicted octanol–water partition coefficient (Wildman–Crippen LogP) is 3.89. The molecule has 2 rings (SSSR count). The van der Waals surface area contributed by atoms with Gasteiger partial charge in [-0.3, -0.25) is 4.79 Å². The number of alkyl halides is 2. The molecule has 3 atom stereocenters. The maximum absolute atomic E-state index is 11.2. The van der Waals surface area contributed by atoms with Gasteiger partial charge in [0.25, 0.3) is 0 Å². The highest BCUT2D eigenvalue weighted by atomic mass is 79.9. The SMILES string of the molecule is [2H][C@@]1(OC(C)=O)c2ccccc2C(Br)C[C@H]1Br. The summed E-state index contributed by atoms with van der Waals surface area (Å²) in [5.74, 6) is -0.438. The predicted molar refractivity (Wildman–Crippen MR) is 69.9 cm³/mol. The molecule has 0 heterocycles. The molecule has 4 heteroatoms. The molecular formula is C12H12Br2O2. The standard InChI is InChI=1S/C12H12Br2O2/c1-7(15)16-12-9-5-3-2-4-8(9)10(13)6-11(12)14/h2-5,10-12H,6H2,1H3/t10?,11-,12-/m1/s1/i12D. The second-order valence-corrected chi connectivity index (χ2v) is 5.93. The third-order valence-electron chi connectivity index (χ3n) is 2.52. The summed E-state index contributed by atoms with van der Waals surface area (Å²) in [4.78, 5) is 11.1. The molecule has 86 valence electrons. The van der Waals surface area contributed by atoms with Gasteiger partial charge in [-0.05, 0) is 17.5 Å². The van der Waals surface area contributed by atoms with Crippen molar-refractivity contribution >= 4 is 37.8 Å². The summed E-state index contributed by atoms with van der Waals surface area (Å²) in [7, 11) is 0. The van der Waals surface area contributed by atoms with E-state index in [1.54, 1.807) is 0 Å². The summed E-state index contributed by atoms with van der Waals surface area (Å²) >= 11 is 7.05. The molecule has 1 aliphatic carbocycles. The molecule has 0 N–H and O–H groups in total. The molecule has 1 aromatic carbocycles. The number of hydrogen-bond acceptors (Lipinski definition) is 2. The zero-order valence-electron chi connectivity index (χ0n) is 9.74. The minimum atomic E-state index is -1.34. The molecule has 0 saturated heterocycles. The maximum atomic E-state index is 11.2. The Bertz CT molecular complexity index is 452. The van der Waals surface area contributed by atoms with Crippen molar-refractivity contribution in [2.75, 3.05) is 0 Å². The molecular weight excluding hydrogens is 336 g/mol. The first-order valence-corrected chi connectivity index (χ1v) is 6.85. The molecule has 0 radical (unpaired) electrons. The first-order chi connectivity index (χ1) is 7.95. The van der Waals surface area contributed by atoms with Crippen LogP contribution in [0.3, 0.4) is 0 Å². The average Bonchev–Trinajstić information content (AvgIpc) is 2.26. The van der Waals surface area contributed by atoms with Crippen LogP contribution in [0.2, 0.25) is 0 Å². The van der Waals surface area contributed by atoms with E-state index in [4.69, 9.17) is 6.11 Å². The molecule has 1 aromatic rings. The van der Waals surface area contributed by atoms with Crippen LogP contribution in [0, 0.1) is 0 Å². The van der Waals surface area contributed by atoms with Crippen molar-refractivity contribution in [2.24, 2.45) is 0 Å². The van der Waals surface area contributed by atoms with Gasteiger partial charge in [0.05, 0.1) is 6.20 Å². The molecule has 0 amide bonds. The van der Waals surface area contributed by atoms with E-state index in [9.17, 15) is 4.79 Å². The molecule has 0 saturated carbocycles. The Morgan fingerprint density at radius 3 is 2.69 bits per heavy atom. The van der Waals surface area contributed by atoms with Crippen LogP contribution in [0.25, 0.3) is 0 Å². The van der Waals surface area contributed by atoms with Crippen molar-refractivity contribution in [3.8, 4) is 0 Å². The maximum Gasteiger partial charge on any atom is 0.303 e. The van der Waals surface area contributed by atoms with E-state index in [1.165, 1.54) is 6.92 Å². The summed E-state index contributed by atoms with van der Waals surface area (Å²) in [6.45, 7) is 1.33. The Balaban J connectivity index is 2.52. The molecule has 0 aliphatic heterocycles. The number of hydrogen-bond donors (Lipinski definition) is 0. The van der Waals surface area contributed by atoms with E-state index in [0.717, 1.165) is 11.1 Å². The number of rotatable bonds is 1. The molecule has 0 spiro atoms. The third kappa shape index (κ3) is 2.33. The minimum absolute atomic E-state index is 0.178. The summed E-state index contributed by atoms with van der Waals surface area (Å²) < 4.78 is 13.6. The van der Waals surface area contributed by atoms with Crippen molar-refractivity contribution in [1.29, 1.82) is 0 Å². The summed E-state index contributed by atoms with van der Waals surface area (Å²) in [5, 5.41) is 0. The fourth-order valence-corrected chi connectivity index (χ4v) is 3.84. The number of benzene rings is 1. The van der Waals surface area contributed by atoms with Gasteiger partial charge in [0.1, 0.15) is 6.08 Å². The van der Waals surface area contributed by atoms with Crippen LogP contribution < -0.4 is 0 Å². The van der Waals surface area contributed by atoms with Crippen LogP contribution in [0.15, 0.2) is 24.3 Å². The van der Waals surface area contributed by atoms with Gasteiger partial charge in [0.2, 0.25) is 0 Å². The number of carbonyl (C=O) groups is 1. The number of esters is 1. The largest absolute Gasteiger partial charge is 0.456 e. The Morgan fingerprint density at radius 1 is 1.44 bits per heavy atom. The lowest BCUT2D eigenvalue weighted by Crippen LogP contribution is -2.25. The normalized spacial score (nSPS) is 33.8. The van der Waals surface area contributed by atoms with E-state index in [0.29, 0.717) is 6.42 Å². The Labute approximate surface area is 113 Å². The average molecular weight is 349 g/mol. The number of fused-ring (bicyclic) bond motifs is 1. The van der Waals surface area contributed by atoms with Gasteiger partial charge >= 0.3 is 5.97 Å². The highest BCUT2D eigenvalue weighted by Crippen LogP contribution is 2.45. The van der Waals surface area contributed by atoms with E-state index in [1.807, 2.05) is 24.3 Å². The molecule has 16 heavy (non-hydrogen) atoms. The van der Waals surface area contributed by atoms with Gasteiger partial charge in [0.15, 0.2) is 0 Å². The van der Waals surface area contributed by atoms with Crippen molar-refractivity contribution in [3.63, 3.8) is 0 Å². The molecule has 0 aromatic heterocycles. The van der Waals surface area contributed by atoms with Gasteiger partial charge in [-0.15, -0.1) is 0 Å². The Kier molecular flexibility index (Phi) is 3.29. The van der Waals surface area contributed by atoms with Crippen molar-refractivity contribution in [1.82, 2.24) is 0 Å². The summed E-state index contributed by atoms with van der Waals surface area (Å²) in [6.07, 6.45) is -0.638. The van der Waals surface area contributed by atoms with Crippen molar-refractivity contribution < 1.29 is 10.9 Å². The van der Waals surface area contributed by atoms with Crippen LogP contribution in [0.1, 0.15) is 36.7 Å². The van der Waals surface area contributed by atoms with Crippen molar-refractivity contribution in [3.05, 3.63) is 35.4 Å². The first-order valence-electron chi connectivity index (χ1n) is 5.52. The van der Waals surface area contributed by atoms with E-state index in [-0.39, 0.29) is 9.65 Å². The van der Waals surface area contributed by atoms with Crippen LogP contribution in [0.5, 0.6) is 0 Å². The summed E-state index contributed by atoms with van der Waals surface area (Å²) in [5.41, 5.74) is 1.75. The van der Waals surface area contributed by atoms with Crippen molar-refractivity contribution in [2.45, 2.75) is 29.1 Å². The Hall–Kier alpha value is -0.350. The van der Waals surface area contributed by atoms with Gasteiger partial charge in [-0.2, -0.15) is 0 Å². The van der Waals surface area contributed by atoms with Crippen LogP contribution in [0.4, 0.5) is 0 Å². The quantitative estimate of drug-likeness (QED) is 0.568. The number of halogens is 2. The zero-order chi connectivity index (χ0) is 12.6. The topological polar surface area (TPSA) is 26.3 Å². The lowest BCUT2D eigenvalue weighted by Gasteiger charge is -2.32. The molecule has 0 bridgehead atoms. The fourth-order valence-electron chi connectivity index (χ4n) is 1.85. The van der Waals surface area contributed by atoms with Gasteiger partial charge in [0, 0.05) is 11.8 Å². The molecule has 0 fully saturated rings. The highest BCUT2D eigenvalue weighted by Gasteiger charge is 2.34. The monoisotopic (exact) mass is 347 g/mol. The van der Waals surface area contributed by atoms with E-state index < -0.39 is 12.0 Å². The fraction of sp³-hybridized carbons (Fsp3) is 0.417. The summed E-state index contributed by atoms with van der Waals surface area (Å²) in [6, 6.07) is 7.58. The van der Waals surface area contributed by atoms with E-state index in [2.05, 4.69) is 31.9 Å². The lowest BCUT2D eigenvalue weighted by atomic mass is 9.89. The molecule has 1 unspecified atom stereocenters. The number of ether oxygens (including phenoxy) is 1. The van der Waals surface area contributed by atoms with Gasteiger partial charge in [-0.25, -0.2) is 0 Å². The Morgan fingerprint density at radius 2 is 2.06 bits per heavy atom. The van der Waals surface area contributed by atoms with Crippen LogP contribution >= 0.6 is 31.9 Å². The lowest BCUT2D eigenvalue weighted by molar-refractivity contribution is -0.147. The second kappa shape index (κ2) is 4.88. The molecule has 2 nitrogen and oxygen atoms in total. The highest BCUT2D eigenvalue weighted by molar-refractivity contribution is 9.10. The molecule has 1 aliphatic rings. The zero-order valence-corrected chi connectivity index (χ0v) is 11.9. The number of carbonyl (C=O) groups excluding carboxylic acids is 1. The van der Waals surface area contributed by atoms with Crippen LogP contribution in [-0.4, -0.2) is 10.8 Å². The van der Waals surface area contributed by atoms with E-state index >= 15 is 0 Å². The second-order valence-electron chi connectivity index (χ2n) is 3.72. The minimum Gasteiger partial charge on any atom is -0.456 e. The van der Waals surface area contributed by atoms with Gasteiger partial charge < -0.3 is 4.74 Å². The van der Waals surface area contributed by atoms with Gasteiger partial charge in [-0.1, -0.05) is 56.1 Å². The first kappa shape index (κ1) is 10.8. The third-order valence-corrected chi connectivity index (χ3v) is 4.17.